The Bertz CT molecular complexity index is 608. The van der Waals surface area contributed by atoms with Crippen molar-refractivity contribution in [2.45, 2.75) is 45.1 Å². The lowest BCUT2D eigenvalue weighted by Crippen LogP contribution is -1.97. The molecule has 0 aliphatic rings. The first kappa shape index (κ1) is 16.3. The van der Waals surface area contributed by atoms with Gasteiger partial charge < -0.3 is 5.11 Å². The number of unbranched alkanes of at least 4 members (excludes halogenated alkanes) is 3. The highest BCUT2D eigenvalue weighted by atomic mass is 16.3. The molecule has 1 unspecified atom stereocenters. The Morgan fingerprint density at radius 2 is 1.50 bits per heavy atom. The molecule has 2 aromatic carbocycles. The third-order valence-corrected chi connectivity index (χ3v) is 3.97. The van der Waals surface area contributed by atoms with Crippen LogP contribution in [0, 0.1) is 11.3 Å². The topological polar surface area (TPSA) is 44.0 Å². The minimum Gasteiger partial charge on any atom is -0.388 e. The lowest BCUT2D eigenvalue weighted by molar-refractivity contribution is 0.163. The first-order valence-electron chi connectivity index (χ1n) is 8.03. The predicted molar refractivity (Wildman–Crippen MR) is 90.3 cm³/mol. The lowest BCUT2D eigenvalue weighted by atomic mass is 9.98. The van der Waals surface area contributed by atoms with Crippen molar-refractivity contribution in [2.75, 3.05) is 0 Å². The van der Waals surface area contributed by atoms with Crippen molar-refractivity contribution in [3.05, 3.63) is 59.7 Å². The first-order valence-corrected chi connectivity index (χ1v) is 8.03. The number of benzene rings is 2. The van der Waals surface area contributed by atoms with Gasteiger partial charge in [-0.1, -0.05) is 69.0 Å². The molecule has 1 N–H and O–H groups in total. The monoisotopic (exact) mass is 293 g/mol. The molecule has 114 valence electrons. The van der Waals surface area contributed by atoms with Crippen molar-refractivity contribution in [2.24, 2.45) is 0 Å². The largest absolute Gasteiger partial charge is 0.388 e. The van der Waals surface area contributed by atoms with E-state index >= 15 is 0 Å². The van der Waals surface area contributed by atoms with Crippen molar-refractivity contribution in [3.63, 3.8) is 0 Å². The molecule has 0 bridgehead atoms. The molecule has 0 amide bonds. The van der Waals surface area contributed by atoms with Crippen LogP contribution in [0.15, 0.2) is 48.5 Å². The van der Waals surface area contributed by atoms with Gasteiger partial charge in [-0.2, -0.15) is 5.26 Å². The highest BCUT2D eigenvalue weighted by Gasteiger charge is 2.07. The summed E-state index contributed by atoms with van der Waals surface area (Å²) in [6.45, 7) is 2.19. The Hall–Kier alpha value is -2.11. The van der Waals surface area contributed by atoms with E-state index in [-0.39, 0.29) is 6.10 Å². The smallest absolute Gasteiger partial charge is 0.0991 e. The maximum absolute atomic E-state index is 10.2. The van der Waals surface area contributed by atoms with Crippen LogP contribution in [0.25, 0.3) is 11.1 Å². The Labute approximate surface area is 133 Å². The van der Waals surface area contributed by atoms with E-state index in [1.807, 2.05) is 48.5 Å². The van der Waals surface area contributed by atoms with Gasteiger partial charge in [-0.25, -0.2) is 0 Å². The third kappa shape index (κ3) is 4.44. The van der Waals surface area contributed by atoms with Crippen LogP contribution in [0.3, 0.4) is 0 Å². The minimum absolute atomic E-state index is 0.369. The summed E-state index contributed by atoms with van der Waals surface area (Å²) < 4.78 is 0. The summed E-state index contributed by atoms with van der Waals surface area (Å²) in [6.07, 6.45) is 5.19. The molecule has 0 saturated carbocycles. The number of nitrogens with zero attached hydrogens (tertiary/aromatic N) is 1. The van der Waals surface area contributed by atoms with Gasteiger partial charge in [0, 0.05) is 0 Å². The van der Waals surface area contributed by atoms with Crippen molar-refractivity contribution < 1.29 is 5.11 Å². The molecule has 2 nitrogen and oxygen atoms in total. The summed E-state index contributed by atoms with van der Waals surface area (Å²) in [5.41, 5.74) is 3.84. The van der Waals surface area contributed by atoms with Crippen molar-refractivity contribution >= 4 is 0 Å². The van der Waals surface area contributed by atoms with Gasteiger partial charge in [0.15, 0.2) is 0 Å². The van der Waals surface area contributed by atoms with Gasteiger partial charge in [0.2, 0.25) is 0 Å². The second-order valence-corrected chi connectivity index (χ2v) is 5.68. The molecule has 0 heterocycles. The molecular weight excluding hydrogens is 270 g/mol. The standard InChI is InChI=1S/C20H23NO/c1-2-3-4-5-6-20(22)19-13-11-18(12-14-19)17-9-7-16(15-21)8-10-17/h7-14,20,22H,2-6H2,1H3. The van der Waals surface area contributed by atoms with Crippen LogP contribution in [0.2, 0.25) is 0 Å². The maximum atomic E-state index is 10.2. The minimum atomic E-state index is -0.369. The van der Waals surface area contributed by atoms with Gasteiger partial charge in [0.25, 0.3) is 0 Å². The van der Waals surface area contributed by atoms with E-state index in [1.165, 1.54) is 19.3 Å². The molecule has 2 heteroatoms. The Kier molecular flexibility index (Phi) is 6.18. The van der Waals surface area contributed by atoms with Gasteiger partial charge in [0.05, 0.1) is 17.7 Å². The molecule has 0 aliphatic carbocycles. The molecule has 0 fully saturated rings. The van der Waals surface area contributed by atoms with E-state index in [9.17, 15) is 5.11 Å². The van der Waals surface area contributed by atoms with Crippen LogP contribution in [0.4, 0.5) is 0 Å². The second kappa shape index (κ2) is 8.36. The molecule has 0 aromatic heterocycles. The van der Waals surface area contributed by atoms with Crippen LogP contribution in [-0.2, 0) is 0 Å². The number of hydrogen-bond donors (Lipinski definition) is 1. The van der Waals surface area contributed by atoms with Gasteiger partial charge in [0.1, 0.15) is 0 Å². The van der Waals surface area contributed by atoms with Crippen LogP contribution in [0.1, 0.15) is 56.3 Å². The Balaban J connectivity index is 1.98. The van der Waals surface area contributed by atoms with Gasteiger partial charge >= 0.3 is 0 Å². The first-order chi connectivity index (χ1) is 10.7. The highest BCUT2D eigenvalue weighted by Crippen LogP contribution is 2.25. The van der Waals surface area contributed by atoms with Gasteiger partial charge in [-0.15, -0.1) is 0 Å². The molecule has 22 heavy (non-hydrogen) atoms. The predicted octanol–water partition coefficient (Wildman–Crippen LogP) is 5.23. The summed E-state index contributed by atoms with van der Waals surface area (Å²) in [7, 11) is 0. The number of aliphatic hydroxyl groups excluding tert-OH is 1. The van der Waals surface area contributed by atoms with E-state index in [0.29, 0.717) is 5.56 Å². The fourth-order valence-corrected chi connectivity index (χ4v) is 2.57. The average Bonchev–Trinajstić information content (AvgIpc) is 2.59. The Morgan fingerprint density at radius 1 is 0.909 bits per heavy atom. The fourth-order valence-electron chi connectivity index (χ4n) is 2.57. The van der Waals surface area contributed by atoms with Crippen molar-refractivity contribution in [1.82, 2.24) is 0 Å². The van der Waals surface area contributed by atoms with E-state index in [2.05, 4.69) is 13.0 Å². The molecule has 1 atom stereocenters. The summed E-state index contributed by atoms with van der Waals surface area (Å²) in [5, 5.41) is 19.0. The molecule has 0 radical (unpaired) electrons. The summed E-state index contributed by atoms with van der Waals surface area (Å²) >= 11 is 0. The van der Waals surface area contributed by atoms with E-state index in [4.69, 9.17) is 5.26 Å². The van der Waals surface area contributed by atoms with Crippen molar-refractivity contribution in [3.8, 4) is 17.2 Å². The quantitative estimate of drug-likeness (QED) is 0.710. The third-order valence-electron chi connectivity index (χ3n) is 3.97. The second-order valence-electron chi connectivity index (χ2n) is 5.68. The van der Waals surface area contributed by atoms with E-state index in [0.717, 1.165) is 29.5 Å². The van der Waals surface area contributed by atoms with E-state index in [1.54, 1.807) is 0 Å². The molecule has 0 aliphatic heterocycles. The zero-order valence-electron chi connectivity index (χ0n) is 13.1. The van der Waals surface area contributed by atoms with Crippen molar-refractivity contribution in [1.29, 1.82) is 5.26 Å². The lowest BCUT2D eigenvalue weighted by Gasteiger charge is -2.11. The Morgan fingerprint density at radius 3 is 2.05 bits per heavy atom. The number of hydrogen-bond acceptors (Lipinski definition) is 2. The van der Waals surface area contributed by atoms with Crippen LogP contribution in [0.5, 0.6) is 0 Å². The normalized spacial score (nSPS) is 11.9. The number of rotatable bonds is 7. The van der Waals surface area contributed by atoms with Gasteiger partial charge in [-0.3, -0.25) is 0 Å². The average molecular weight is 293 g/mol. The fraction of sp³-hybridized carbons (Fsp3) is 0.350. The van der Waals surface area contributed by atoms with Crippen LogP contribution < -0.4 is 0 Å². The number of nitriles is 1. The van der Waals surface area contributed by atoms with Crippen LogP contribution in [-0.4, -0.2) is 5.11 Å². The summed E-state index contributed by atoms with van der Waals surface area (Å²) in [6, 6.07) is 17.7. The zero-order valence-corrected chi connectivity index (χ0v) is 13.1. The molecule has 2 rings (SSSR count). The highest BCUT2D eigenvalue weighted by molar-refractivity contribution is 5.64. The molecule has 2 aromatic rings. The summed E-state index contributed by atoms with van der Waals surface area (Å²) in [4.78, 5) is 0. The van der Waals surface area contributed by atoms with Gasteiger partial charge in [-0.05, 0) is 35.2 Å². The molecular formula is C20H23NO. The zero-order chi connectivity index (χ0) is 15.8. The van der Waals surface area contributed by atoms with E-state index < -0.39 is 0 Å². The SMILES string of the molecule is CCCCCCC(O)c1ccc(-c2ccc(C#N)cc2)cc1. The summed E-state index contributed by atoms with van der Waals surface area (Å²) in [5.74, 6) is 0. The molecule has 0 saturated heterocycles. The molecule has 0 spiro atoms. The maximum Gasteiger partial charge on any atom is 0.0991 e. The van der Waals surface area contributed by atoms with Crippen LogP contribution >= 0.6 is 0 Å². The number of aliphatic hydroxyl groups is 1.